The molecular weight excluding hydrogens is 1130 g/mol. The molecule has 0 unspecified atom stereocenters. The van der Waals surface area contributed by atoms with E-state index < -0.39 is 5.97 Å². The Bertz CT molecular complexity index is 2580. The monoisotopic (exact) mass is 1250 g/mol. The van der Waals surface area contributed by atoms with Crippen molar-refractivity contribution in [3.63, 3.8) is 0 Å². The zero-order valence-corrected chi connectivity index (χ0v) is 58.1. The lowest BCUT2D eigenvalue weighted by Gasteiger charge is -2.19. The van der Waals surface area contributed by atoms with Gasteiger partial charge in [0.25, 0.3) is 0 Å². The number of phenols is 1. The molecule has 5 rings (SSSR count). The molecule has 4 aromatic carbocycles. The van der Waals surface area contributed by atoms with Gasteiger partial charge in [-0.3, -0.25) is 4.99 Å². The first kappa shape index (κ1) is 76.2. The Morgan fingerprint density at radius 3 is 1.20 bits per heavy atom. The van der Waals surface area contributed by atoms with Gasteiger partial charge in [-0.15, -0.1) is 0 Å². The first-order valence-corrected chi connectivity index (χ1v) is 37.7. The second kappa shape index (κ2) is 51.0. The third-order valence-electron chi connectivity index (χ3n) is 17.8. The molecule has 1 heterocycles. The molecule has 0 amide bonds. The number of rotatable bonds is 59. The number of carbonyl (C=O) groups excluding carboxylic acids is 1. The number of aromatic hydroxyl groups is 1. The van der Waals surface area contributed by atoms with Gasteiger partial charge in [-0.05, 0) is 86.3 Å². The van der Waals surface area contributed by atoms with Crippen LogP contribution in [0.5, 0.6) is 34.5 Å². The quantitative estimate of drug-likeness (QED) is 0.0175. The zero-order chi connectivity index (χ0) is 64.3. The van der Waals surface area contributed by atoms with Gasteiger partial charge in [-0.1, -0.05) is 297 Å². The molecule has 5 aromatic rings. The molecule has 1 N–H and O–H groups in total. The van der Waals surface area contributed by atoms with Crippen molar-refractivity contribution in [1.29, 1.82) is 0 Å². The molecule has 0 saturated carbocycles. The Labute approximate surface area is 553 Å². The lowest BCUT2D eigenvalue weighted by molar-refractivity contribution is 0.0733. The van der Waals surface area contributed by atoms with Gasteiger partial charge in [-0.25, -0.2) is 9.78 Å². The van der Waals surface area contributed by atoms with Crippen LogP contribution >= 0.6 is 0 Å². The topological polar surface area (TPSA) is 122 Å². The van der Waals surface area contributed by atoms with Crippen LogP contribution in [0.15, 0.2) is 82.2 Å². The number of ether oxygens (including phenoxy) is 5. The number of phenolic OH excluding ortho intramolecular Hbond substituents is 1. The van der Waals surface area contributed by atoms with Crippen LogP contribution in [0.3, 0.4) is 0 Å². The van der Waals surface area contributed by atoms with Crippen LogP contribution in [0.4, 0.5) is 5.69 Å². The van der Waals surface area contributed by atoms with Crippen molar-refractivity contribution in [2.75, 3.05) is 26.4 Å². The Morgan fingerprint density at radius 2 is 0.791 bits per heavy atom. The number of fused-ring (bicyclic) bond motifs is 1. The number of nitrogens with zero attached hydrogens (tertiary/aromatic N) is 2. The summed E-state index contributed by atoms with van der Waals surface area (Å²) in [6.45, 7) is 11.4. The van der Waals surface area contributed by atoms with Gasteiger partial charge in [0.2, 0.25) is 11.6 Å². The fourth-order valence-corrected chi connectivity index (χ4v) is 12.0. The third-order valence-corrected chi connectivity index (χ3v) is 17.8. The molecule has 0 bridgehead atoms. The summed E-state index contributed by atoms with van der Waals surface area (Å²) in [5, 5.41) is 11.2. The highest BCUT2D eigenvalue weighted by atomic mass is 16.5. The van der Waals surface area contributed by atoms with Crippen LogP contribution in [0, 0.1) is 0 Å². The van der Waals surface area contributed by atoms with E-state index in [-0.39, 0.29) is 11.5 Å². The molecular formula is C81H126N2O8. The maximum Gasteiger partial charge on any atom is 0.343 e. The van der Waals surface area contributed by atoms with Crippen molar-refractivity contribution >= 4 is 29.0 Å². The van der Waals surface area contributed by atoms with Gasteiger partial charge in [0.1, 0.15) is 22.8 Å². The Kier molecular flexibility index (Phi) is 42.7. The minimum atomic E-state index is -0.580. The number of esters is 1. The minimum absolute atomic E-state index is 0.0673. The fourth-order valence-electron chi connectivity index (χ4n) is 12.0. The van der Waals surface area contributed by atoms with Gasteiger partial charge >= 0.3 is 5.97 Å². The second-order valence-corrected chi connectivity index (χ2v) is 26.1. The minimum Gasteiger partial charge on any atom is -0.507 e. The number of hydrogen-bond acceptors (Lipinski definition) is 10. The predicted octanol–water partition coefficient (Wildman–Crippen LogP) is 25.7. The van der Waals surface area contributed by atoms with Crippen molar-refractivity contribution in [3.05, 3.63) is 83.9 Å². The van der Waals surface area contributed by atoms with E-state index in [1.54, 1.807) is 30.5 Å². The van der Waals surface area contributed by atoms with E-state index in [4.69, 9.17) is 33.1 Å². The number of oxazole rings is 1. The Hall–Kier alpha value is -5.51. The Morgan fingerprint density at radius 1 is 0.418 bits per heavy atom. The molecule has 1 aromatic heterocycles. The van der Waals surface area contributed by atoms with Gasteiger partial charge in [-0.2, -0.15) is 0 Å². The van der Waals surface area contributed by atoms with Crippen molar-refractivity contribution < 1.29 is 38.0 Å². The van der Waals surface area contributed by atoms with Crippen LogP contribution < -0.4 is 23.7 Å². The number of hydrogen-bond donors (Lipinski definition) is 1. The molecule has 0 aliphatic rings. The lowest BCUT2D eigenvalue weighted by atomic mass is 10.0. The van der Waals surface area contributed by atoms with Gasteiger partial charge < -0.3 is 33.2 Å². The first-order valence-electron chi connectivity index (χ1n) is 37.7. The SMILES string of the molecule is CCCCCCCCCCCCCCCCCCOc1ccc2nc(-c3ccc(N=Cc4ccc(OC(=O)c5cc(OCCCCCCCCCCCC)c(OCCCCCCCCCCCC)c(OCCCCCCCCCCCC)c5)cc4O)cc3)oc2c1. The molecule has 0 fully saturated rings. The predicted molar refractivity (Wildman–Crippen MR) is 383 cm³/mol. The van der Waals surface area contributed by atoms with E-state index in [0.717, 1.165) is 61.8 Å². The average Bonchev–Trinajstić information content (AvgIpc) is 2.53. The van der Waals surface area contributed by atoms with Gasteiger partial charge in [0.05, 0.1) is 37.7 Å². The summed E-state index contributed by atoms with van der Waals surface area (Å²) >= 11 is 0. The first-order chi connectivity index (χ1) is 44.9. The molecule has 0 atom stereocenters. The number of unbranched alkanes of at least 4 members (excludes halogenated alkanes) is 42. The third kappa shape index (κ3) is 34.3. The summed E-state index contributed by atoms with van der Waals surface area (Å²) in [5.41, 5.74) is 3.75. The van der Waals surface area contributed by atoms with Crippen molar-refractivity contribution in [2.45, 2.75) is 323 Å². The number of aliphatic imine (C=N–C) groups is 1. The smallest absolute Gasteiger partial charge is 0.343 e. The van der Waals surface area contributed by atoms with Crippen LogP contribution in [0.25, 0.3) is 22.6 Å². The van der Waals surface area contributed by atoms with Crippen molar-refractivity contribution in [1.82, 2.24) is 4.98 Å². The van der Waals surface area contributed by atoms with Crippen LogP contribution in [-0.2, 0) is 0 Å². The molecule has 0 spiro atoms. The van der Waals surface area contributed by atoms with Crippen molar-refractivity contribution in [3.8, 4) is 46.0 Å². The second-order valence-electron chi connectivity index (χ2n) is 26.1. The number of aromatic nitrogens is 1. The highest BCUT2D eigenvalue weighted by molar-refractivity contribution is 5.93. The zero-order valence-electron chi connectivity index (χ0n) is 58.1. The van der Waals surface area contributed by atoms with E-state index >= 15 is 0 Å². The Balaban J connectivity index is 1.14. The molecule has 0 aliphatic heterocycles. The lowest BCUT2D eigenvalue weighted by Crippen LogP contribution is -2.12. The molecule has 508 valence electrons. The molecule has 91 heavy (non-hydrogen) atoms. The summed E-state index contributed by atoms with van der Waals surface area (Å²) in [6.07, 6.45) is 60.3. The van der Waals surface area contributed by atoms with Crippen LogP contribution in [0.1, 0.15) is 339 Å². The number of benzene rings is 4. The highest BCUT2D eigenvalue weighted by Crippen LogP contribution is 2.40. The molecule has 10 nitrogen and oxygen atoms in total. The molecule has 0 saturated heterocycles. The normalized spacial score (nSPS) is 11.6. The fraction of sp³-hybridized carbons (Fsp3) is 0.667. The van der Waals surface area contributed by atoms with E-state index in [2.05, 4.69) is 32.7 Å². The van der Waals surface area contributed by atoms with E-state index in [1.165, 1.54) is 256 Å². The highest BCUT2D eigenvalue weighted by Gasteiger charge is 2.21. The van der Waals surface area contributed by atoms with Gasteiger partial charge in [0.15, 0.2) is 17.1 Å². The number of carbonyl (C=O) groups is 1. The van der Waals surface area contributed by atoms with E-state index in [1.807, 2.05) is 42.5 Å². The van der Waals surface area contributed by atoms with Crippen molar-refractivity contribution in [2.24, 2.45) is 4.99 Å². The van der Waals surface area contributed by atoms with Crippen LogP contribution in [-0.4, -0.2) is 48.7 Å². The van der Waals surface area contributed by atoms with E-state index in [9.17, 15) is 9.90 Å². The summed E-state index contributed by atoms with van der Waals surface area (Å²) in [4.78, 5) is 23.6. The molecule has 10 heteroatoms. The maximum absolute atomic E-state index is 14.1. The summed E-state index contributed by atoms with van der Waals surface area (Å²) in [7, 11) is 0. The average molecular weight is 1260 g/mol. The van der Waals surface area contributed by atoms with Crippen LogP contribution in [0.2, 0.25) is 0 Å². The summed E-state index contributed by atoms with van der Waals surface area (Å²) < 4.78 is 38.0. The molecule has 0 aliphatic carbocycles. The van der Waals surface area contributed by atoms with Gasteiger partial charge in [0, 0.05) is 29.5 Å². The molecule has 0 radical (unpaired) electrons. The largest absolute Gasteiger partial charge is 0.507 e. The standard InChI is InChI=1S/C81H126N2O8/c1-5-9-13-17-21-25-29-30-31-32-33-34-38-39-43-47-59-86-72-57-58-74-76(66-72)91-80(83-74)68-51-54-71(55-52-68)82-67-69-53-56-73(65-75(69)84)90-81(85)70-63-77(87-60-48-44-40-35-26-22-18-14-10-6-2)79(89-62-50-46-42-37-28-24-20-16-12-8-4)78(64-70)88-61-49-45-41-36-27-23-19-15-11-7-3/h51-58,63-67,84H,5-50,59-62H2,1-4H3. The van der Waals surface area contributed by atoms with E-state index in [0.29, 0.717) is 72.0 Å². The summed E-state index contributed by atoms with van der Waals surface area (Å²) in [5.74, 6) is 2.44. The maximum atomic E-state index is 14.1. The summed E-state index contributed by atoms with van der Waals surface area (Å²) in [6, 6.07) is 21.8.